The molecule has 5 heteroatoms. The number of aromatic nitrogens is 2. The fourth-order valence-corrected chi connectivity index (χ4v) is 11.5. The topological polar surface area (TPSA) is 46.6 Å². The third kappa shape index (κ3) is 6.68. The highest BCUT2D eigenvalue weighted by Gasteiger charge is 2.28. The van der Waals surface area contributed by atoms with Gasteiger partial charge in [0, 0.05) is 61.4 Å². The molecule has 2 aliphatic carbocycles. The monoisotopic (exact) mass is 897 g/mol. The van der Waals surface area contributed by atoms with E-state index >= 15 is 0 Å². The van der Waals surface area contributed by atoms with E-state index in [0.717, 1.165) is 64.4 Å². The summed E-state index contributed by atoms with van der Waals surface area (Å²) in [6.45, 7) is 0. The molecule has 2 atom stereocenters. The summed E-state index contributed by atoms with van der Waals surface area (Å²) in [6.07, 6.45) is 13.7. The van der Waals surface area contributed by atoms with Gasteiger partial charge in [0.25, 0.3) is 0 Å². The molecule has 1 N–H and O–H groups in total. The van der Waals surface area contributed by atoms with Gasteiger partial charge in [0.2, 0.25) is 0 Å². The summed E-state index contributed by atoms with van der Waals surface area (Å²) in [5.41, 5.74) is 15.5. The average molecular weight is 898 g/mol. The number of hydrogen-bond acceptors (Lipinski definition) is 3. The Hall–Kier alpha value is -8.80. The Bertz CT molecular complexity index is 4060. The van der Waals surface area contributed by atoms with Crippen molar-refractivity contribution in [2.24, 2.45) is 9.98 Å². The third-order valence-corrected chi connectivity index (χ3v) is 14.8. The molecule has 70 heavy (non-hydrogen) atoms. The molecule has 9 aromatic carbocycles. The number of rotatable bonds is 7. The maximum atomic E-state index is 5.44. The lowest BCUT2D eigenvalue weighted by molar-refractivity contribution is 0.675. The first kappa shape index (κ1) is 40.3. The molecule has 1 aliphatic heterocycles. The molecule has 3 aliphatic rings. The van der Waals surface area contributed by atoms with Crippen LogP contribution in [0.5, 0.6) is 0 Å². The van der Waals surface area contributed by atoms with Crippen LogP contribution in [0.3, 0.4) is 0 Å². The Morgan fingerprint density at radius 2 is 1.13 bits per heavy atom. The molecular formula is C65H47N5. The Balaban J connectivity index is 0.902. The standard InChI is InChI=1S/C65H47N5/c1-3-17-42(18-4-1)51-25-11-13-28-54(51)64-66-63(67-65(68-64)55-29-14-12-26-52(55)43-19-5-2-6-20-43)44-31-33-49(34-32-44)69-60-36-35-50(41-58(60)57-38-46-22-8-10-24-48(46)40-62(57)69)70-59-30-16-15-27-53(59)56-37-45-21-7-9-23-47(45)39-61(56)70/h1-19,21-34,37-41,43,64H,20,35-36H2,(H,66,67,68). The van der Waals surface area contributed by atoms with Crippen molar-refractivity contribution in [1.82, 2.24) is 14.5 Å². The van der Waals surface area contributed by atoms with Crippen LogP contribution in [0.25, 0.3) is 82.8 Å². The van der Waals surface area contributed by atoms with Gasteiger partial charge in [0.05, 0.1) is 16.6 Å². The van der Waals surface area contributed by atoms with Gasteiger partial charge in [0.1, 0.15) is 12.0 Å². The van der Waals surface area contributed by atoms with Gasteiger partial charge in [0.15, 0.2) is 5.84 Å². The van der Waals surface area contributed by atoms with Gasteiger partial charge in [-0.1, -0.05) is 170 Å². The van der Waals surface area contributed by atoms with Crippen molar-refractivity contribution >= 4 is 77.7 Å². The zero-order valence-electron chi connectivity index (χ0n) is 38.5. The van der Waals surface area contributed by atoms with Crippen molar-refractivity contribution in [3.8, 4) is 16.8 Å². The number of amidine groups is 2. The second kappa shape index (κ2) is 16.5. The summed E-state index contributed by atoms with van der Waals surface area (Å²) in [5, 5.41) is 12.7. The van der Waals surface area contributed by atoms with Crippen LogP contribution in [0.15, 0.2) is 234 Å². The third-order valence-electron chi connectivity index (χ3n) is 14.8. The van der Waals surface area contributed by atoms with E-state index in [1.54, 1.807) is 0 Å². The number of fused-ring (bicyclic) bond motifs is 8. The van der Waals surface area contributed by atoms with E-state index in [-0.39, 0.29) is 12.1 Å². The number of allylic oxidation sites excluding steroid dienone is 5. The first-order valence-corrected chi connectivity index (χ1v) is 24.5. The molecular weight excluding hydrogens is 851 g/mol. The van der Waals surface area contributed by atoms with Crippen molar-refractivity contribution in [2.75, 3.05) is 0 Å². The quantitative estimate of drug-likeness (QED) is 0.170. The molecule has 0 saturated heterocycles. The molecule has 332 valence electrons. The SMILES string of the molecule is C1=CCC(c2ccccc2C2=NC(c3ccccc3-c3ccccc3)NC(c3ccc(-n4c5c(c6cc7ccccc7cc64)C=C(n4c6ccccc6c6cc7ccccc7cc64)CC5)cc3)=N2)C=C1. The van der Waals surface area contributed by atoms with E-state index in [9.17, 15) is 0 Å². The predicted molar refractivity (Wildman–Crippen MR) is 293 cm³/mol. The van der Waals surface area contributed by atoms with Crippen LogP contribution in [0.2, 0.25) is 0 Å². The minimum Gasteiger partial charge on any atom is -0.344 e. The lowest BCUT2D eigenvalue weighted by atomic mass is 9.88. The highest BCUT2D eigenvalue weighted by Crippen LogP contribution is 2.43. The number of para-hydroxylation sites is 1. The zero-order valence-corrected chi connectivity index (χ0v) is 38.5. The first-order valence-electron chi connectivity index (χ1n) is 24.5. The summed E-state index contributed by atoms with van der Waals surface area (Å²) in [4.78, 5) is 10.8. The molecule has 2 aromatic heterocycles. The van der Waals surface area contributed by atoms with E-state index in [1.165, 1.54) is 76.8 Å². The molecule has 3 heterocycles. The van der Waals surface area contributed by atoms with Crippen LogP contribution >= 0.6 is 0 Å². The Labute approximate surface area is 406 Å². The molecule has 0 amide bonds. The van der Waals surface area contributed by atoms with E-state index in [0.29, 0.717) is 0 Å². The van der Waals surface area contributed by atoms with Crippen molar-refractivity contribution < 1.29 is 0 Å². The maximum absolute atomic E-state index is 5.44. The lowest BCUT2D eigenvalue weighted by Crippen LogP contribution is -2.34. The molecule has 2 unspecified atom stereocenters. The number of nitrogens with zero attached hydrogens (tertiary/aromatic N) is 4. The van der Waals surface area contributed by atoms with Gasteiger partial charge in [-0.15, -0.1) is 0 Å². The second-order valence-corrected chi connectivity index (χ2v) is 18.8. The van der Waals surface area contributed by atoms with Crippen molar-refractivity contribution in [3.05, 3.63) is 258 Å². The molecule has 5 nitrogen and oxygen atoms in total. The normalized spacial score (nSPS) is 16.7. The van der Waals surface area contributed by atoms with Gasteiger partial charge in [-0.3, -0.25) is 0 Å². The molecule has 0 fully saturated rings. The summed E-state index contributed by atoms with van der Waals surface area (Å²) in [6, 6.07) is 72.8. The van der Waals surface area contributed by atoms with Gasteiger partial charge in [-0.25, -0.2) is 9.98 Å². The molecule has 0 spiro atoms. The molecule has 11 aromatic rings. The van der Waals surface area contributed by atoms with E-state index < -0.39 is 0 Å². The molecule has 0 saturated carbocycles. The smallest absolute Gasteiger partial charge is 0.159 e. The van der Waals surface area contributed by atoms with Gasteiger partial charge in [-0.05, 0) is 118 Å². The fourth-order valence-electron chi connectivity index (χ4n) is 11.5. The molecule has 0 bridgehead atoms. The largest absolute Gasteiger partial charge is 0.344 e. The van der Waals surface area contributed by atoms with E-state index in [1.807, 2.05) is 0 Å². The number of hydrogen-bond donors (Lipinski definition) is 1. The van der Waals surface area contributed by atoms with Crippen molar-refractivity contribution in [1.29, 1.82) is 0 Å². The minimum absolute atomic E-state index is 0.249. The van der Waals surface area contributed by atoms with Crippen LogP contribution < -0.4 is 5.32 Å². The van der Waals surface area contributed by atoms with E-state index in [2.05, 4.69) is 245 Å². The predicted octanol–water partition coefficient (Wildman–Crippen LogP) is 15.8. The first-order chi connectivity index (χ1) is 34.7. The summed E-state index contributed by atoms with van der Waals surface area (Å²) < 4.78 is 5.04. The average Bonchev–Trinajstić information content (AvgIpc) is 3.93. The van der Waals surface area contributed by atoms with Gasteiger partial charge in [-0.2, -0.15) is 0 Å². The highest BCUT2D eigenvalue weighted by molar-refractivity contribution is 6.16. The van der Waals surface area contributed by atoms with Crippen LogP contribution in [0.1, 0.15) is 58.4 Å². The van der Waals surface area contributed by atoms with Gasteiger partial charge < -0.3 is 14.5 Å². The Morgan fingerprint density at radius 1 is 0.486 bits per heavy atom. The second-order valence-electron chi connectivity index (χ2n) is 18.8. The van der Waals surface area contributed by atoms with Crippen LogP contribution in [0, 0.1) is 0 Å². The van der Waals surface area contributed by atoms with Crippen LogP contribution in [-0.4, -0.2) is 20.8 Å². The Kier molecular flexibility index (Phi) is 9.48. The van der Waals surface area contributed by atoms with Crippen molar-refractivity contribution in [3.63, 3.8) is 0 Å². The van der Waals surface area contributed by atoms with Crippen molar-refractivity contribution in [2.45, 2.75) is 31.3 Å². The number of aliphatic imine (C=N–C) groups is 2. The maximum Gasteiger partial charge on any atom is 0.159 e. The lowest BCUT2D eigenvalue weighted by Gasteiger charge is -2.27. The van der Waals surface area contributed by atoms with Crippen LogP contribution in [-0.2, 0) is 6.42 Å². The number of nitrogens with one attached hydrogen (secondary N) is 1. The molecule has 14 rings (SSSR count). The summed E-state index contributed by atoms with van der Waals surface area (Å²) >= 11 is 0. The van der Waals surface area contributed by atoms with E-state index in [4.69, 9.17) is 9.98 Å². The number of benzene rings is 9. The summed E-state index contributed by atoms with van der Waals surface area (Å²) in [7, 11) is 0. The molecule has 0 radical (unpaired) electrons. The minimum atomic E-state index is -0.364. The van der Waals surface area contributed by atoms with Gasteiger partial charge >= 0.3 is 0 Å². The fraction of sp³-hybridized carbons (Fsp3) is 0.0769. The highest BCUT2D eigenvalue weighted by atomic mass is 15.2. The van der Waals surface area contributed by atoms with Crippen LogP contribution in [0.4, 0.5) is 0 Å². The summed E-state index contributed by atoms with van der Waals surface area (Å²) in [5.74, 6) is 1.79. The Morgan fingerprint density at radius 3 is 1.89 bits per heavy atom. The zero-order chi connectivity index (χ0) is 46.1.